The Morgan fingerprint density at radius 2 is 1.00 bits per heavy atom. The number of fused-ring (bicyclic) bond motifs is 8. The van der Waals surface area contributed by atoms with E-state index < -0.39 is 0 Å². The molecule has 0 aliphatic carbocycles. The third-order valence-corrected chi connectivity index (χ3v) is 7.15. The molecule has 0 saturated heterocycles. The summed E-state index contributed by atoms with van der Waals surface area (Å²) in [7, 11) is 3.39. The Hall–Kier alpha value is -5.36. The number of H-pyrrole nitrogens is 2. The number of aromatic nitrogens is 4. The van der Waals surface area contributed by atoms with Gasteiger partial charge in [-0.15, -0.1) is 0 Å². The summed E-state index contributed by atoms with van der Waals surface area (Å²) in [5.74, 6) is 1.55. The van der Waals surface area contributed by atoms with Crippen LogP contribution in [0.4, 0.5) is 0 Å². The van der Waals surface area contributed by atoms with Crippen LogP contribution in [0, 0.1) is 0 Å². The van der Waals surface area contributed by atoms with Crippen LogP contribution in [-0.2, 0) is 0 Å². The number of nitrogens with one attached hydrogen (secondary N) is 2. The first-order valence-corrected chi connectivity index (χ1v) is 13.1. The molecule has 0 spiro atoms. The smallest absolute Gasteiger partial charge is 0.126 e. The van der Waals surface area contributed by atoms with Crippen molar-refractivity contribution in [2.75, 3.05) is 14.2 Å². The van der Waals surface area contributed by atoms with E-state index in [0.717, 1.165) is 78.6 Å². The minimum absolute atomic E-state index is 0.775. The Morgan fingerprint density at radius 1 is 0.525 bits per heavy atom. The first-order chi connectivity index (χ1) is 19.7. The van der Waals surface area contributed by atoms with E-state index in [-0.39, 0.29) is 0 Å². The molecule has 6 nitrogen and oxygen atoms in total. The summed E-state index contributed by atoms with van der Waals surface area (Å²) in [6, 6.07) is 28.4. The van der Waals surface area contributed by atoms with E-state index in [9.17, 15) is 0 Å². The number of methoxy groups -OCH3 is 2. The van der Waals surface area contributed by atoms with Crippen LogP contribution in [0.1, 0.15) is 22.8 Å². The lowest BCUT2D eigenvalue weighted by Gasteiger charge is -2.10. The zero-order valence-electron chi connectivity index (χ0n) is 22.1. The van der Waals surface area contributed by atoms with E-state index in [0.29, 0.717) is 0 Å². The van der Waals surface area contributed by atoms with E-state index in [2.05, 4.69) is 58.5 Å². The summed E-state index contributed by atoms with van der Waals surface area (Å²) in [5, 5.41) is 0. The van der Waals surface area contributed by atoms with E-state index in [1.165, 1.54) is 0 Å². The Bertz CT molecular complexity index is 1860. The van der Waals surface area contributed by atoms with Gasteiger partial charge < -0.3 is 19.4 Å². The molecule has 5 aromatic rings. The number of hydrogen-bond acceptors (Lipinski definition) is 4. The summed E-state index contributed by atoms with van der Waals surface area (Å²) in [6.07, 6.45) is 8.18. The van der Waals surface area contributed by atoms with Crippen molar-refractivity contribution in [2.24, 2.45) is 0 Å². The number of hydrogen-bond donors (Lipinski definition) is 2. The summed E-state index contributed by atoms with van der Waals surface area (Å²) in [4.78, 5) is 17.2. The number of ether oxygens (including phenoxy) is 2. The summed E-state index contributed by atoms with van der Waals surface area (Å²) in [6.45, 7) is 0. The van der Waals surface area contributed by atoms with Gasteiger partial charge in [-0.2, -0.15) is 0 Å². The molecule has 2 N–H and O–H groups in total. The maximum absolute atomic E-state index is 5.78. The summed E-state index contributed by atoms with van der Waals surface area (Å²) >= 11 is 0. The van der Waals surface area contributed by atoms with Gasteiger partial charge in [0.05, 0.1) is 37.0 Å². The van der Waals surface area contributed by atoms with E-state index in [1.807, 2.05) is 60.7 Å². The van der Waals surface area contributed by atoms with Gasteiger partial charge in [-0.1, -0.05) is 36.4 Å². The van der Waals surface area contributed by atoms with Gasteiger partial charge in [0.1, 0.15) is 11.5 Å². The molecule has 2 aromatic carbocycles. The number of aromatic amines is 2. The number of rotatable bonds is 4. The van der Waals surface area contributed by atoms with Crippen LogP contribution < -0.4 is 9.47 Å². The first-order valence-electron chi connectivity index (χ1n) is 13.1. The zero-order valence-corrected chi connectivity index (χ0v) is 22.1. The fourth-order valence-electron chi connectivity index (χ4n) is 5.34. The lowest BCUT2D eigenvalue weighted by Crippen LogP contribution is -1.92. The summed E-state index contributed by atoms with van der Waals surface area (Å²) < 4.78 is 11.6. The lowest BCUT2D eigenvalue weighted by molar-refractivity contribution is 0.416. The summed E-state index contributed by atoms with van der Waals surface area (Å²) in [5.41, 5.74) is 11.0. The van der Waals surface area contributed by atoms with Gasteiger partial charge in [0.25, 0.3) is 0 Å². The van der Waals surface area contributed by atoms with Crippen molar-refractivity contribution in [1.82, 2.24) is 19.9 Å². The molecule has 2 aliphatic rings. The largest absolute Gasteiger partial charge is 0.496 e. The minimum Gasteiger partial charge on any atom is -0.496 e. The van der Waals surface area contributed by atoms with Crippen molar-refractivity contribution in [1.29, 1.82) is 0 Å². The van der Waals surface area contributed by atoms with Gasteiger partial charge in [0, 0.05) is 44.3 Å². The Labute approximate surface area is 231 Å². The van der Waals surface area contributed by atoms with Crippen LogP contribution in [0.3, 0.4) is 0 Å². The van der Waals surface area contributed by atoms with E-state index in [4.69, 9.17) is 19.4 Å². The third kappa shape index (κ3) is 4.16. The molecule has 7 rings (SSSR count). The topological polar surface area (TPSA) is 75.8 Å². The standard InChI is InChI=1S/C34H26N4O2/c1-39-31-9-5-3-7-25(31)33-27-15-13-23(36-27)19-21-11-12-22(35-21)20-24-14-16-28(37-24)34(30-18-17-29(33)38-30)26-8-4-6-10-32(26)40-2/h3-20,36-37H,1-2H3. The zero-order chi connectivity index (χ0) is 27.1. The van der Waals surface area contributed by atoms with Crippen molar-refractivity contribution in [2.45, 2.75) is 0 Å². The van der Waals surface area contributed by atoms with Crippen LogP contribution in [0.15, 0.2) is 84.9 Å². The molecule has 0 amide bonds. The van der Waals surface area contributed by atoms with Gasteiger partial charge >= 0.3 is 0 Å². The monoisotopic (exact) mass is 522 g/mol. The van der Waals surface area contributed by atoms with Crippen molar-refractivity contribution in [3.05, 3.63) is 108 Å². The predicted octanol–water partition coefficient (Wildman–Crippen LogP) is 8.01. The molecule has 8 bridgehead atoms. The molecule has 3 aromatic heterocycles. The van der Waals surface area contributed by atoms with Gasteiger partial charge in [0.15, 0.2) is 0 Å². The fraction of sp³-hybridized carbons (Fsp3) is 0.0588. The molecule has 40 heavy (non-hydrogen) atoms. The maximum atomic E-state index is 5.78. The molecular formula is C34H26N4O2. The van der Waals surface area contributed by atoms with Gasteiger partial charge in [-0.3, -0.25) is 0 Å². The second kappa shape index (κ2) is 9.75. The normalized spacial score (nSPS) is 12.1. The van der Waals surface area contributed by atoms with Gasteiger partial charge in [-0.25, -0.2) is 9.97 Å². The van der Waals surface area contributed by atoms with Gasteiger partial charge in [0.2, 0.25) is 0 Å². The van der Waals surface area contributed by atoms with Gasteiger partial charge in [-0.05, 0) is 72.8 Å². The van der Waals surface area contributed by atoms with Crippen molar-refractivity contribution < 1.29 is 9.47 Å². The second-order valence-electron chi connectivity index (χ2n) is 9.60. The molecule has 0 atom stereocenters. The van der Waals surface area contributed by atoms with Crippen LogP contribution in [0.25, 0.3) is 68.6 Å². The van der Waals surface area contributed by atoms with Crippen molar-refractivity contribution in [3.8, 4) is 33.8 Å². The van der Waals surface area contributed by atoms with E-state index in [1.54, 1.807) is 14.2 Å². The molecule has 6 heteroatoms. The van der Waals surface area contributed by atoms with Crippen LogP contribution in [0.2, 0.25) is 0 Å². The van der Waals surface area contributed by atoms with Crippen molar-refractivity contribution in [3.63, 3.8) is 0 Å². The molecule has 0 saturated carbocycles. The highest BCUT2D eigenvalue weighted by Crippen LogP contribution is 2.39. The highest BCUT2D eigenvalue weighted by atomic mass is 16.5. The average molecular weight is 523 g/mol. The Morgan fingerprint density at radius 3 is 1.48 bits per heavy atom. The number of nitrogens with zero attached hydrogens (tertiary/aromatic N) is 2. The first kappa shape index (κ1) is 23.7. The average Bonchev–Trinajstić information content (AvgIpc) is 3.80. The van der Waals surface area contributed by atoms with Crippen LogP contribution in [0.5, 0.6) is 11.5 Å². The molecule has 0 radical (unpaired) electrons. The highest BCUT2D eigenvalue weighted by Gasteiger charge is 2.18. The van der Waals surface area contributed by atoms with Crippen LogP contribution >= 0.6 is 0 Å². The fourth-order valence-corrected chi connectivity index (χ4v) is 5.34. The Balaban J connectivity index is 1.65. The molecule has 0 fully saturated rings. The minimum atomic E-state index is 0.775. The molecule has 2 aliphatic heterocycles. The Kier molecular flexibility index (Phi) is 5.78. The SMILES string of the molecule is COc1ccccc1-c1c2nc(c(-c3ccccc3OC)c3ccc(cc4nc(cc5ccc1[nH]5)C=C4)[nH]3)C=C2. The van der Waals surface area contributed by atoms with Crippen LogP contribution in [-0.4, -0.2) is 34.2 Å². The maximum Gasteiger partial charge on any atom is 0.126 e. The number of para-hydroxylation sites is 2. The number of benzene rings is 2. The molecule has 5 heterocycles. The van der Waals surface area contributed by atoms with Crippen molar-refractivity contribution >= 4 is 46.4 Å². The quantitative estimate of drug-likeness (QED) is 0.246. The molecule has 0 unspecified atom stereocenters. The third-order valence-electron chi connectivity index (χ3n) is 7.15. The second-order valence-corrected chi connectivity index (χ2v) is 9.60. The lowest BCUT2D eigenvalue weighted by atomic mass is 10.0. The predicted molar refractivity (Wildman–Crippen MR) is 163 cm³/mol. The highest BCUT2D eigenvalue weighted by molar-refractivity contribution is 5.97. The van der Waals surface area contributed by atoms with E-state index >= 15 is 0 Å². The molecular weight excluding hydrogens is 496 g/mol. The molecule has 194 valence electrons.